The van der Waals surface area contributed by atoms with Crippen LogP contribution in [0.15, 0.2) is 47.8 Å². The van der Waals surface area contributed by atoms with Crippen LogP contribution in [0.2, 0.25) is 0 Å². The van der Waals surface area contributed by atoms with E-state index >= 15 is 0 Å². The van der Waals surface area contributed by atoms with E-state index in [0.717, 1.165) is 39.9 Å². The number of thiazole rings is 1. The summed E-state index contributed by atoms with van der Waals surface area (Å²) in [7, 11) is 0. The van der Waals surface area contributed by atoms with Crippen LogP contribution in [0.5, 0.6) is 17.2 Å². The average Bonchev–Trinajstić information content (AvgIpc) is 3.33. The van der Waals surface area contributed by atoms with Gasteiger partial charge in [-0.25, -0.2) is 4.98 Å². The lowest BCUT2D eigenvalue weighted by molar-refractivity contribution is -0.120. The zero-order valence-electron chi connectivity index (χ0n) is 18.6. The number of rotatable bonds is 9. The second-order valence-corrected chi connectivity index (χ2v) is 9.44. The van der Waals surface area contributed by atoms with Gasteiger partial charge in [0.15, 0.2) is 11.5 Å². The predicted molar refractivity (Wildman–Crippen MR) is 125 cm³/mol. The van der Waals surface area contributed by atoms with Crippen molar-refractivity contribution in [2.75, 3.05) is 13.2 Å². The smallest absolute Gasteiger partial charge is 0.226 e. The van der Waals surface area contributed by atoms with Gasteiger partial charge in [0, 0.05) is 17.4 Å². The van der Waals surface area contributed by atoms with Crippen LogP contribution in [0.4, 0.5) is 0 Å². The molecule has 0 atom stereocenters. The fraction of sp³-hybridized carbons (Fsp3) is 0.360. The van der Waals surface area contributed by atoms with Crippen molar-refractivity contribution < 1.29 is 19.0 Å². The van der Waals surface area contributed by atoms with Crippen LogP contribution >= 0.6 is 11.3 Å². The lowest BCUT2D eigenvalue weighted by Crippen LogP contribution is -2.29. The van der Waals surface area contributed by atoms with Gasteiger partial charge in [0.2, 0.25) is 5.91 Å². The van der Waals surface area contributed by atoms with Crippen molar-refractivity contribution in [3.05, 3.63) is 69.7 Å². The van der Waals surface area contributed by atoms with Gasteiger partial charge in [-0.05, 0) is 39.0 Å². The van der Waals surface area contributed by atoms with E-state index in [9.17, 15) is 4.79 Å². The maximum absolute atomic E-state index is 12.3. The molecule has 1 aromatic heterocycles. The molecule has 0 spiro atoms. The predicted octanol–water partition coefficient (Wildman–Crippen LogP) is 4.48. The molecular weight excluding hydrogens is 424 g/mol. The lowest BCUT2D eigenvalue weighted by Gasteiger charge is -2.18. The van der Waals surface area contributed by atoms with Gasteiger partial charge in [0.05, 0.1) is 18.7 Å². The van der Waals surface area contributed by atoms with Gasteiger partial charge in [-0.3, -0.25) is 4.79 Å². The molecule has 168 valence electrons. The van der Waals surface area contributed by atoms with E-state index in [-0.39, 0.29) is 17.9 Å². The van der Waals surface area contributed by atoms with Crippen LogP contribution in [0, 0.1) is 6.92 Å². The minimum Gasteiger partial charge on any atom is -0.488 e. The van der Waals surface area contributed by atoms with E-state index in [2.05, 4.69) is 30.2 Å². The number of para-hydroxylation sites is 1. The number of carbonyl (C=O) groups excluding carboxylic acids is 1. The Morgan fingerprint density at radius 3 is 2.81 bits per heavy atom. The number of aryl methyl sites for hydroxylation is 1. The number of hydrogen-bond acceptors (Lipinski definition) is 6. The van der Waals surface area contributed by atoms with Crippen molar-refractivity contribution in [3.8, 4) is 17.2 Å². The van der Waals surface area contributed by atoms with Crippen LogP contribution < -0.4 is 19.5 Å². The van der Waals surface area contributed by atoms with Crippen LogP contribution in [0.3, 0.4) is 0 Å². The highest BCUT2D eigenvalue weighted by atomic mass is 32.1. The Morgan fingerprint density at radius 2 is 2.00 bits per heavy atom. The summed E-state index contributed by atoms with van der Waals surface area (Å²) in [6.07, 6.45) is 1.10. The molecule has 2 heterocycles. The highest BCUT2D eigenvalue weighted by Crippen LogP contribution is 2.41. The number of benzene rings is 2. The molecule has 0 bridgehead atoms. The Labute approximate surface area is 192 Å². The molecule has 6 nitrogen and oxygen atoms in total. The summed E-state index contributed by atoms with van der Waals surface area (Å²) < 4.78 is 17.6. The van der Waals surface area contributed by atoms with Gasteiger partial charge in [-0.15, -0.1) is 11.3 Å². The molecule has 1 N–H and O–H groups in total. The minimum absolute atomic E-state index is 0.0828. The molecular formula is C25H28N2O4S. The summed E-state index contributed by atoms with van der Waals surface area (Å²) in [5.74, 6) is 2.26. The van der Waals surface area contributed by atoms with E-state index in [1.165, 1.54) is 16.9 Å². The monoisotopic (exact) mass is 452 g/mol. The number of nitrogens with one attached hydrogen (secondary N) is 1. The van der Waals surface area contributed by atoms with E-state index in [4.69, 9.17) is 14.2 Å². The molecule has 7 heteroatoms. The highest BCUT2D eigenvalue weighted by molar-refractivity contribution is 7.09. The van der Waals surface area contributed by atoms with Crippen LogP contribution in [-0.4, -0.2) is 29.6 Å². The van der Waals surface area contributed by atoms with Crippen LogP contribution in [-0.2, 0) is 24.2 Å². The third kappa shape index (κ3) is 5.79. The first-order valence-electron chi connectivity index (χ1n) is 10.7. The molecule has 4 rings (SSSR count). The van der Waals surface area contributed by atoms with Crippen molar-refractivity contribution in [1.82, 2.24) is 10.3 Å². The number of fused-ring (bicyclic) bond motifs is 1. The maximum atomic E-state index is 12.3. The molecule has 2 aromatic carbocycles. The van der Waals surface area contributed by atoms with Gasteiger partial charge in [0.1, 0.15) is 29.6 Å². The van der Waals surface area contributed by atoms with Gasteiger partial charge < -0.3 is 19.5 Å². The third-order valence-electron chi connectivity index (χ3n) is 5.06. The first-order valence-corrected chi connectivity index (χ1v) is 11.6. The fourth-order valence-electron chi connectivity index (χ4n) is 3.56. The molecule has 0 fully saturated rings. The number of carbonyl (C=O) groups is 1. The molecule has 1 aliphatic rings. The molecule has 0 aliphatic carbocycles. The highest BCUT2D eigenvalue weighted by Gasteiger charge is 2.32. The van der Waals surface area contributed by atoms with Crippen molar-refractivity contribution in [2.45, 2.75) is 45.8 Å². The Hall–Kier alpha value is -3.06. The standard InChI is InChI=1S/C25H28N2O4S/c1-17-7-9-20(10-8-17)30-15-23-27-19(16-32-23)13-22(28)26-11-12-29-21-6-4-5-18-14-25(2,3)31-24(18)21/h4-10,16H,11-15H2,1-3H3,(H,26,28). The quantitative estimate of drug-likeness (QED) is 0.485. The first kappa shape index (κ1) is 22.1. The molecule has 1 aliphatic heterocycles. The first-order chi connectivity index (χ1) is 15.4. The van der Waals surface area contributed by atoms with Crippen molar-refractivity contribution in [2.24, 2.45) is 0 Å². The summed E-state index contributed by atoms with van der Waals surface area (Å²) in [6.45, 7) is 7.35. The summed E-state index contributed by atoms with van der Waals surface area (Å²) >= 11 is 1.50. The van der Waals surface area contributed by atoms with E-state index in [1.807, 2.05) is 48.7 Å². The Kier molecular flexibility index (Phi) is 6.65. The Bertz CT molecular complexity index is 1080. The summed E-state index contributed by atoms with van der Waals surface area (Å²) in [6, 6.07) is 13.8. The molecule has 0 unspecified atom stereocenters. The topological polar surface area (TPSA) is 69.7 Å². The molecule has 0 saturated carbocycles. The molecule has 3 aromatic rings. The largest absolute Gasteiger partial charge is 0.488 e. The number of hydrogen-bond donors (Lipinski definition) is 1. The second kappa shape index (κ2) is 9.61. The van der Waals surface area contributed by atoms with Gasteiger partial charge in [-0.1, -0.05) is 29.8 Å². The number of ether oxygens (including phenoxy) is 3. The fourth-order valence-corrected chi connectivity index (χ4v) is 4.26. The Balaban J connectivity index is 1.19. The van der Waals surface area contributed by atoms with Crippen molar-refractivity contribution >= 4 is 17.2 Å². The Morgan fingerprint density at radius 1 is 1.19 bits per heavy atom. The van der Waals surface area contributed by atoms with E-state index in [1.54, 1.807) is 0 Å². The van der Waals surface area contributed by atoms with Crippen molar-refractivity contribution in [1.29, 1.82) is 0 Å². The number of aromatic nitrogens is 1. The van der Waals surface area contributed by atoms with Crippen molar-refractivity contribution in [3.63, 3.8) is 0 Å². The minimum atomic E-state index is -0.215. The van der Waals surface area contributed by atoms with Gasteiger partial charge in [0.25, 0.3) is 0 Å². The molecule has 0 saturated heterocycles. The van der Waals surface area contributed by atoms with Gasteiger partial charge >= 0.3 is 0 Å². The number of nitrogens with zero attached hydrogens (tertiary/aromatic N) is 1. The van der Waals surface area contributed by atoms with E-state index < -0.39 is 0 Å². The van der Waals surface area contributed by atoms with Gasteiger partial charge in [-0.2, -0.15) is 0 Å². The molecule has 32 heavy (non-hydrogen) atoms. The average molecular weight is 453 g/mol. The number of amides is 1. The summed E-state index contributed by atoms with van der Waals surface area (Å²) in [4.78, 5) is 16.8. The lowest BCUT2D eigenvalue weighted by atomic mass is 10.0. The molecule has 1 amide bonds. The van der Waals surface area contributed by atoms with Crippen LogP contribution in [0.1, 0.15) is 35.7 Å². The third-order valence-corrected chi connectivity index (χ3v) is 5.93. The van der Waals surface area contributed by atoms with E-state index in [0.29, 0.717) is 19.8 Å². The maximum Gasteiger partial charge on any atom is 0.226 e. The zero-order chi connectivity index (χ0) is 22.6. The normalized spacial score (nSPS) is 13.8. The SMILES string of the molecule is Cc1ccc(OCc2nc(CC(=O)NCCOc3cccc4c3OC(C)(C)C4)cs2)cc1. The van der Waals surface area contributed by atoms with Crippen LogP contribution in [0.25, 0.3) is 0 Å². The molecule has 0 radical (unpaired) electrons. The second-order valence-electron chi connectivity index (χ2n) is 8.49. The summed E-state index contributed by atoms with van der Waals surface area (Å²) in [5, 5.41) is 5.63. The zero-order valence-corrected chi connectivity index (χ0v) is 19.5. The summed E-state index contributed by atoms with van der Waals surface area (Å²) in [5.41, 5.74) is 2.87.